The lowest BCUT2D eigenvalue weighted by atomic mass is 9.47. The first-order chi connectivity index (χ1) is 17.9. The van der Waals surface area contributed by atoms with Gasteiger partial charge in [-0.15, -0.1) is 0 Å². The molecule has 0 aliphatic heterocycles. The average molecular weight is 541 g/mol. The first kappa shape index (κ1) is 28.4. The van der Waals surface area contributed by atoms with Gasteiger partial charge in [0.25, 0.3) is 10.1 Å². The van der Waals surface area contributed by atoms with Gasteiger partial charge in [0.2, 0.25) is 0 Å². The zero-order chi connectivity index (χ0) is 27.3. The molecule has 5 rings (SSSR count). The summed E-state index contributed by atoms with van der Waals surface area (Å²) in [6.45, 7) is 14.4. The molecule has 0 aromatic heterocycles. The summed E-state index contributed by atoms with van der Waals surface area (Å²) in [4.78, 5) is 0.273. The number of allylic oxidation sites excluding steroid dienone is 1. The Morgan fingerprint density at radius 3 is 2.39 bits per heavy atom. The van der Waals surface area contributed by atoms with Gasteiger partial charge in [-0.1, -0.05) is 83.2 Å². The minimum Gasteiger partial charge on any atom is -0.263 e. The molecule has 38 heavy (non-hydrogen) atoms. The van der Waals surface area contributed by atoms with Crippen molar-refractivity contribution in [1.29, 1.82) is 0 Å². The Kier molecular flexibility index (Phi) is 7.99. The summed E-state index contributed by atoms with van der Waals surface area (Å²) in [5.74, 6) is 4.93. The molecule has 3 nitrogen and oxygen atoms in total. The van der Waals surface area contributed by atoms with Gasteiger partial charge in [-0.2, -0.15) is 8.42 Å². The second-order valence-corrected chi connectivity index (χ2v) is 16.1. The largest absolute Gasteiger partial charge is 0.297 e. The molecule has 3 fully saturated rings. The molecule has 4 aliphatic rings. The summed E-state index contributed by atoms with van der Waals surface area (Å²) in [5, 5.41) is 0. The summed E-state index contributed by atoms with van der Waals surface area (Å²) in [5.41, 5.74) is 3.24. The minimum atomic E-state index is -3.73. The van der Waals surface area contributed by atoms with Crippen LogP contribution >= 0.6 is 0 Å². The van der Waals surface area contributed by atoms with Crippen molar-refractivity contribution in [2.24, 2.45) is 46.3 Å². The summed E-state index contributed by atoms with van der Waals surface area (Å²) in [7, 11) is -3.73. The lowest BCUT2D eigenvalue weighted by Crippen LogP contribution is -2.51. The molecular formula is C34H52O3S. The highest BCUT2D eigenvalue weighted by atomic mass is 32.2. The summed E-state index contributed by atoms with van der Waals surface area (Å²) >= 11 is 0. The van der Waals surface area contributed by atoms with Gasteiger partial charge in [0.05, 0.1) is 11.0 Å². The summed E-state index contributed by atoms with van der Waals surface area (Å²) in [6, 6.07) is 7.02. The van der Waals surface area contributed by atoms with Gasteiger partial charge in [0.1, 0.15) is 0 Å². The van der Waals surface area contributed by atoms with Crippen molar-refractivity contribution in [2.75, 3.05) is 0 Å². The summed E-state index contributed by atoms with van der Waals surface area (Å²) in [6.07, 6.45) is 15.8. The van der Waals surface area contributed by atoms with E-state index in [1.165, 1.54) is 56.9 Å². The van der Waals surface area contributed by atoms with E-state index >= 15 is 0 Å². The highest BCUT2D eigenvalue weighted by molar-refractivity contribution is 7.86. The van der Waals surface area contributed by atoms with Crippen LogP contribution in [-0.4, -0.2) is 14.5 Å². The molecule has 0 amide bonds. The molecule has 8 atom stereocenters. The molecule has 4 aliphatic carbocycles. The molecule has 5 unspecified atom stereocenters. The summed E-state index contributed by atoms with van der Waals surface area (Å²) < 4.78 is 31.8. The third kappa shape index (κ3) is 5.18. The number of hydrogen-bond acceptors (Lipinski definition) is 3. The third-order valence-corrected chi connectivity index (χ3v) is 13.2. The topological polar surface area (TPSA) is 43.4 Å². The predicted octanol–water partition coefficient (Wildman–Crippen LogP) is 9.11. The van der Waals surface area contributed by atoms with Crippen molar-refractivity contribution in [2.45, 2.75) is 123 Å². The SMILES string of the molecule is Cc1ccc(S(=O)(=O)OC2CCC3(C)C(=CCC4[C@@H]3CCC3(C)C([C@H](C)CCCC(C)C)CC[C@@H]43)C2)cc1. The van der Waals surface area contributed by atoms with Crippen molar-refractivity contribution < 1.29 is 12.6 Å². The Hall–Kier alpha value is -1.13. The second-order valence-electron chi connectivity index (χ2n) is 14.5. The Bertz CT molecular complexity index is 1120. The number of aryl methyl sites for hydroxylation is 1. The molecule has 1 aromatic rings. The van der Waals surface area contributed by atoms with Crippen LogP contribution in [0.1, 0.15) is 111 Å². The van der Waals surface area contributed by atoms with Crippen LogP contribution in [0.25, 0.3) is 0 Å². The van der Waals surface area contributed by atoms with Crippen LogP contribution in [0, 0.1) is 53.3 Å². The van der Waals surface area contributed by atoms with Crippen molar-refractivity contribution in [3.63, 3.8) is 0 Å². The van der Waals surface area contributed by atoms with Crippen LogP contribution in [0.15, 0.2) is 40.8 Å². The van der Waals surface area contributed by atoms with E-state index in [1.807, 2.05) is 19.1 Å². The predicted molar refractivity (Wildman–Crippen MR) is 156 cm³/mol. The fourth-order valence-electron chi connectivity index (χ4n) is 9.67. The van der Waals surface area contributed by atoms with Crippen molar-refractivity contribution in [1.82, 2.24) is 0 Å². The Labute approximate surface area is 233 Å². The Balaban J connectivity index is 1.27. The molecule has 3 saturated carbocycles. The lowest BCUT2D eigenvalue weighted by molar-refractivity contribution is -0.0556. The number of hydrogen-bond donors (Lipinski definition) is 0. The quantitative estimate of drug-likeness (QED) is 0.244. The normalized spacial score (nSPS) is 37.8. The third-order valence-electron chi connectivity index (χ3n) is 11.8. The van der Waals surface area contributed by atoms with Crippen LogP contribution in [-0.2, 0) is 14.3 Å². The van der Waals surface area contributed by atoms with Gasteiger partial charge in [0.15, 0.2) is 0 Å². The van der Waals surface area contributed by atoms with E-state index < -0.39 is 10.1 Å². The molecule has 0 saturated heterocycles. The fourth-order valence-corrected chi connectivity index (χ4v) is 10.8. The lowest BCUT2D eigenvalue weighted by Gasteiger charge is -2.58. The van der Waals surface area contributed by atoms with Gasteiger partial charge in [-0.3, -0.25) is 4.18 Å². The average Bonchev–Trinajstić information content (AvgIpc) is 3.21. The standard InChI is InChI=1S/C34H52O3S/c1-23(2)8-7-9-25(4)30-16-17-31-29-15-12-26-22-27(37-38(35,36)28-13-10-24(3)11-14-28)18-20-33(26,5)32(29)19-21-34(30,31)6/h10-14,23,25,27,29-32H,7-9,15-22H2,1-6H3/t25-,27?,29?,30?,31+,32+,33?,34?/m1/s1. The van der Waals surface area contributed by atoms with E-state index in [0.29, 0.717) is 5.41 Å². The maximum absolute atomic E-state index is 13.0. The van der Waals surface area contributed by atoms with Crippen molar-refractivity contribution >= 4 is 10.1 Å². The van der Waals surface area contributed by atoms with Crippen molar-refractivity contribution in [3.8, 4) is 0 Å². The minimum absolute atomic E-state index is 0.207. The van der Waals surface area contributed by atoms with Crippen molar-refractivity contribution in [3.05, 3.63) is 41.5 Å². The zero-order valence-electron chi connectivity index (χ0n) is 24.8. The second kappa shape index (κ2) is 10.7. The molecule has 0 heterocycles. The maximum Gasteiger partial charge on any atom is 0.297 e. The highest BCUT2D eigenvalue weighted by Crippen LogP contribution is 2.67. The molecule has 212 valence electrons. The molecule has 1 aromatic carbocycles. The smallest absolute Gasteiger partial charge is 0.263 e. The Morgan fingerprint density at radius 2 is 1.68 bits per heavy atom. The molecule has 0 bridgehead atoms. The van der Waals surface area contributed by atoms with E-state index in [4.69, 9.17) is 4.18 Å². The van der Waals surface area contributed by atoms with Gasteiger partial charge in [0, 0.05) is 0 Å². The van der Waals surface area contributed by atoms with E-state index in [1.54, 1.807) is 12.1 Å². The molecule has 0 radical (unpaired) electrons. The number of rotatable bonds is 8. The van der Waals surface area contributed by atoms with E-state index in [-0.39, 0.29) is 16.4 Å². The molecular weight excluding hydrogens is 488 g/mol. The first-order valence-corrected chi connectivity index (χ1v) is 17.0. The number of fused-ring (bicyclic) bond motifs is 5. The zero-order valence-corrected chi connectivity index (χ0v) is 25.7. The number of benzene rings is 1. The first-order valence-electron chi connectivity index (χ1n) is 15.6. The van der Waals surface area contributed by atoms with Gasteiger partial charge >= 0.3 is 0 Å². The molecule has 0 N–H and O–H groups in total. The molecule has 0 spiro atoms. The van der Waals surface area contributed by atoms with E-state index in [2.05, 4.69) is 40.7 Å². The van der Waals surface area contributed by atoms with Crippen LogP contribution in [0.2, 0.25) is 0 Å². The van der Waals surface area contributed by atoms with Gasteiger partial charge in [-0.05, 0) is 117 Å². The van der Waals surface area contributed by atoms with Crippen LogP contribution < -0.4 is 0 Å². The van der Waals surface area contributed by atoms with E-state index in [0.717, 1.165) is 60.3 Å². The monoisotopic (exact) mass is 540 g/mol. The van der Waals surface area contributed by atoms with Crippen LogP contribution in [0.4, 0.5) is 0 Å². The van der Waals surface area contributed by atoms with Crippen LogP contribution in [0.5, 0.6) is 0 Å². The maximum atomic E-state index is 13.0. The van der Waals surface area contributed by atoms with E-state index in [9.17, 15) is 8.42 Å². The highest BCUT2D eigenvalue weighted by Gasteiger charge is 2.59. The molecule has 4 heteroatoms. The Morgan fingerprint density at radius 1 is 0.947 bits per heavy atom. The van der Waals surface area contributed by atoms with Gasteiger partial charge in [-0.25, -0.2) is 0 Å². The van der Waals surface area contributed by atoms with Crippen LogP contribution in [0.3, 0.4) is 0 Å². The van der Waals surface area contributed by atoms with Gasteiger partial charge < -0.3 is 0 Å². The fraction of sp³-hybridized carbons (Fsp3) is 0.765.